The lowest BCUT2D eigenvalue weighted by molar-refractivity contribution is -0.137. The molecule has 106 valence electrons. The van der Waals surface area contributed by atoms with Crippen LogP contribution < -0.4 is 5.73 Å². The molecule has 3 heteroatoms. The highest BCUT2D eigenvalue weighted by atomic mass is 16.2. The standard InChI is InChI=1S/C15H30N2O/c1-4-5-13-6-8-17(9-7-13)15(18)14(11-16)10-12(2)3/h12-14H,4-11,16H2,1-3H3. The molecule has 1 heterocycles. The molecular weight excluding hydrogens is 224 g/mol. The highest BCUT2D eigenvalue weighted by molar-refractivity contribution is 5.79. The predicted molar refractivity (Wildman–Crippen MR) is 76.2 cm³/mol. The molecule has 1 aliphatic heterocycles. The van der Waals surface area contributed by atoms with E-state index in [0.717, 1.165) is 25.4 Å². The maximum atomic E-state index is 12.4. The van der Waals surface area contributed by atoms with Crippen molar-refractivity contribution >= 4 is 5.91 Å². The number of hydrogen-bond donors (Lipinski definition) is 1. The minimum atomic E-state index is 0.0349. The van der Waals surface area contributed by atoms with Crippen molar-refractivity contribution in [1.82, 2.24) is 4.90 Å². The van der Waals surface area contributed by atoms with Crippen molar-refractivity contribution in [3.63, 3.8) is 0 Å². The van der Waals surface area contributed by atoms with Crippen molar-refractivity contribution in [2.45, 2.75) is 52.9 Å². The first-order valence-corrected chi connectivity index (χ1v) is 7.57. The van der Waals surface area contributed by atoms with Gasteiger partial charge < -0.3 is 10.6 Å². The molecule has 0 aromatic heterocycles. The van der Waals surface area contributed by atoms with Crippen LogP contribution in [-0.2, 0) is 4.79 Å². The monoisotopic (exact) mass is 254 g/mol. The molecule has 1 fully saturated rings. The number of rotatable bonds is 6. The lowest BCUT2D eigenvalue weighted by Gasteiger charge is -2.34. The van der Waals surface area contributed by atoms with Gasteiger partial charge in [-0.15, -0.1) is 0 Å². The van der Waals surface area contributed by atoms with E-state index in [2.05, 4.69) is 20.8 Å². The molecule has 1 saturated heterocycles. The predicted octanol–water partition coefficient (Wildman–Crippen LogP) is 2.65. The second kappa shape index (κ2) is 7.78. The zero-order valence-electron chi connectivity index (χ0n) is 12.3. The van der Waals surface area contributed by atoms with Crippen molar-refractivity contribution in [3.8, 4) is 0 Å². The van der Waals surface area contributed by atoms with Crippen molar-refractivity contribution in [3.05, 3.63) is 0 Å². The summed E-state index contributed by atoms with van der Waals surface area (Å²) in [7, 11) is 0. The van der Waals surface area contributed by atoms with E-state index in [4.69, 9.17) is 5.73 Å². The normalized spacial score (nSPS) is 19.3. The fourth-order valence-corrected chi connectivity index (χ4v) is 2.98. The van der Waals surface area contributed by atoms with Crippen molar-refractivity contribution in [2.75, 3.05) is 19.6 Å². The summed E-state index contributed by atoms with van der Waals surface area (Å²) in [5.74, 6) is 1.70. The van der Waals surface area contributed by atoms with Gasteiger partial charge in [-0.3, -0.25) is 4.79 Å². The lowest BCUT2D eigenvalue weighted by Crippen LogP contribution is -2.44. The van der Waals surface area contributed by atoms with Crippen LogP contribution in [0.3, 0.4) is 0 Å². The van der Waals surface area contributed by atoms with Crippen LogP contribution in [0.1, 0.15) is 52.9 Å². The van der Waals surface area contributed by atoms with Gasteiger partial charge in [0.25, 0.3) is 0 Å². The van der Waals surface area contributed by atoms with E-state index in [9.17, 15) is 4.79 Å². The molecule has 0 aromatic carbocycles. The third-order valence-electron chi connectivity index (χ3n) is 4.01. The summed E-state index contributed by atoms with van der Waals surface area (Å²) in [4.78, 5) is 14.4. The smallest absolute Gasteiger partial charge is 0.226 e. The van der Waals surface area contributed by atoms with E-state index in [-0.39, 0.29) is 5.92 Å². The minimum absolute atomic E-state index is 0.0349. The Kier molecular flexibility index (Phi) is 6.69. The summed E-state index contributed by atoms with van der Waals surface area (Å²) < 4.78 is 0. The third-order valence-corrected chi connectivity index (χ3v) is 4.01. The molecule has 3 nitrogen and oxygen atoms in total. The van der Waals surface area contributed by atoms with Gasteiger partial charge >= 0.3 is 0 Å². The molecule has 1 rings (SSSR count). The molecule has 1 amide bonds. The van der Waals surface area contributed by atoms with Crippen molar-refractivity contribution < 1.29 is 4.79 Å². The van der Waals surface area contributed by atoms with Gasteiger partial charge in [-0.05, 0) is 31.1 Å². The first-order valence-electron chi connectivity index (χ1n) is 7.57. The largest absolute Gasteiger partial charge is 0.342 e. The Morgan fingerprint density at radius 1 is 1.33 bits per heavy atom. The highest BCUT2D eigenvalue weighted by Crippen LogP contribution is 2.23. The Labute approximate surface area is 112 Å². The number of hydrogen-bond acceptors (Lipinski definition) is 2. The van der Waals surface area contributed by atoms with E-state index >= 15 is 0 Å². The molecule has 0 aromatic rings. The van der Waals surface area contributed by atoms with Crippen LogP contribution in [0.25, 0.3) is 0 Å². The Bertz CT molecular complexity index is 245. The second-order valence-electron chi connectivity index (χ2n) is 6.12. The molecule has 1 atom stereocenters. The summed E-state index contributed by atoms with van der Waals surface area (Å²) in [5, 5.41) is 0. The van der Waals surface area contributed by atoms with Gasteiger partial charge in [0.2, 0.25) is 5.91 Å². The van der Waals surface area contributed by atoms with Crippen LogP contribution in [0.4, 0.5) is 0 Å². The molecule has 0 aliphatic carbocycles. The number of amides is 1. The molecule has 0 radical (unpaired) electrons. The van der Waals surface area contributed by atoms with E-state index < -0.39 is 0 Å². The van der Waals surface area contributed by atoms with Gasteiger partial charge in [0.15, 0.2) is 0 Å². The van der Waals surface area contributed by atoms with Gasteiger partial charge in [-0.1, -0.05) is 33.6 Å². The van der Waals surface area contributed by atoms with Crippen LogP contribution in [0.15, 0.2) is 0 Å². The highest BCUT2D eigenvalue weighted by Gasteiger charge is 2.27. The molecule has 2 N–H and O–H groups in total. The maximum Gasteiger partial charge on any atom is 0.226 e. The number of piperidine rings is 1. The second-order valence-corrected chi connectivity index (χ2v) is 6.12. The molecule has 1 aliphatic rings. The summed E-state index contributed by atoms with van der Waals surface area (Å²) in [5.41, 5.74) is 5.76. The summed E-state index contributed by atoms with van der Waals surface area (Å²) >= 11 is 0. The van der Waals surface area contributed by atoms with Gasteiger partial charge in [0, 0.05) is 19.6 Å². The Morgan fingerprint density at radius 2 is 1.94 bits per heavy atom. The van der Waals surface area contributed by atoms with Crippen LogP contribution in [0.5, 0.6) is 0 Å². The average Bonchev–Trinajstić information content (AvgIpc) is 2.36. The van der Waals surface area contributed by atoms with E-state index in [0.29, 0.717) is 18.4 Å². The number of carbonyl (C=O) groups is 1. The van der Waals surface area contributed by atoms with Crippen LogP contribution >= 0.6 is 0 Å². The number of nitrogens with two attached hydrogens (primary N) is 1. The topological polar surface area (TPSA) is 46.3 Å². The van der Waals surface area contributed by atoms with E-state index in [1.54, 1.807) is 0 Å². The minimum Gasteiger partial charge on any atom is -0.342 e. The first kappa shape index (κ1) is 15.5. The summed E-state index contributed by atoms with van der Waals surface area (Å²) in [6.07, 6.45) is 5.85. The van der Waals surface area contributed by atoms with E-state index in [1.165, 1.54) is 25.7 Å². The molecule has 0 saturated carbocycles. The van der Waals surface area contributed by atoms with Gasteiger partial charge in [0.1, 0.15) is 0 Å². The first-order chi connectivity index (χ1) is 8.58. The lowest BCUT2D eigenvalue weighted by atomic mass is 9.90. The number of carbonyl (C=O) groups excluding carboxylic acids is 1. The average molecular weight is 254 g/mol. The maximum absolute atomic E-state index is 12.4. The van der Waals surface area contributed by atoms with Crippen molar-refractivity contribution in [1.29, 1.82) is 0 Å². The van der Waals surface area contributed by atoms with E-state index in [1.807, 2.05) is 4.90 Å². The Hall–Kier alpha value is -0.570. The fraction of sp³-hybridized carbons (Fsp3) is 0.933. The van der Waals surface area contributed by atoms with Crippen LogP contribution in [-0.4, -0.2) is 30.4 Å². The SMILES string of the molecule is CCCC1CCN(C(=O)C(CN)CC(C)C)CC1. The van der Waals surface area contributed by atoms with Crippen LogP contribution in [0.2, 0.25) is 0 Å². The molecule has 18 heavy (non-hydrogen) atoms. The van der Waals surface area contributed by atoms with Gasteiger partial charge in [0.05, 0.1) is 5.92 Å². The summed E-state index contributed by atoms with van der Waals surface area (Å²) in [6.45, 7) is 8.93. The third kappa shape index (κ3) is 4.60. The number of nitrogens with zero attached hydrogens (tertiary/aromatic N) is 1. The van der Waals surface area contributed by atoms with Crippen LogP contribution in [0, 0.1) is 17.8 Å². The zero-order chi connectivity index (χ0) is 13.5. The Balaban J connectivity index is 2.42. The van der Waals surface area contributed by atoms with Crippen molar-refractivity contribution in [2.24, 2.45) is 23.5 Å². The van der Waals surface area contributed by atoms with Gasteiger partial charge in [-0.25, -0.2) is 0 Å². The number of likely N-dealkylation sites (tertiary alicyclic amines) is 1. The summed E-state index contributed by atoms with van der Waals surface area (Å²) in [6, 6.07) is 0. The molecular formula is C15H30N2O. The fourth-order valence-electron chi connectivity index (χ4n) is 2.98. The molecule has 1 unspecified atom stereocenters. The zero-order valence-corrected chi connectivity index (χ0v) is 12.3. The molecule has 0 spiro atoms. The quantitative estimate of drug-likeness (QED) is 0.792. The Morgan fingerprint density at radius 3 is 2.39 bits per heavy atom. The molecule has 0 bridgehead atoms. The van der Waals surface area contributed by atoms with Gasteiger partial charge in [-0.2, -0.15) is 0 Å².